The fourth-order valence-corrected chi connectivity index (χ4v) is 5.46. The molecule has 6 nitrogen and oxygen atoms in total. The zero-order valence-electron chi connectivity index (χ0n) is 21.4. The van der Waals surface area contributed by atoms with E-state index in [2.05, 4.69) is 11.5 Å². The summed E-state index contributed by atoms with van der Waals surface area (Å²) in [5.41, 5.74) is 4.76. The molecular weight excluding hydrogens is 553 g/mol. The number of hydrogen-bond donors (Lipinski definition) is 0. The van der Waals surface area contributed by atoms with Crippen LogP contribution in [0.4, 0.5) is 5.69 Å². The van der Waals surface area contributed by atoms with Crippen molar-refractivity contribution in [3.8, 4) is 0 Å². The molecule has 198 valence electrons. The second kappa shape index (κ2) is 11.2. The van der Waals surface area contributed by atoms with Gasteiger partial charge in [-0.25, -0.2) is 0 Å². The largest absolute Gasteiger partial charge is 0.468 e. The van der Waals surface area contributed by atoms with Crippen molar-refractivity contribution in [1.82, 2.24) is 9.47 Å². The van der Waals surface area contributed by atoms with Crippen molar-refractivity contribution in [2.24, 2.45) is 0 Å². The molecule has 0 saturated carbocycles. The summed E-state index contributed by atoms with van der Waals surface area (Å²) in [7, 11) is 1.31. The van der Waals surface area contributed by atoms with Gasteiger partial charge in [0, 0.05) is 39.3 Å². The van der Waals surface area contributed by atoms with Gasteiger partial charge in [0.2, 0.25) is 0 Å². The summed E-state index contributed by atoms with van der Waals surface area (Å²) in [6.45, 7) is 2.39. The third-order valence-corrected chi connectivity index (χ3v) is 7.71. The first kappa shape index (κ1) is 26.9. The average molecular weight is 579 g/mol. The predicted octanol–water partition coefficient (Wildman–Crippen LogP) is 6.71. The average Bonchev–Trinajstić information content (AvgIpc) is 3.39. The molecule has 0 atom stereocenters. The molecule has 1 aromatic heterocycles. The van der Waals surface area contributed by atoms with Gasteiger partial charge in [0.1, 0.15) is 12.2 Å². The van der Waals surface area contributed by atoms with Crippen molar-refractivity contribution < 1.29 is 14.3 Å². The second-order valence-corrected chi connectivity index (χ2v) is 10.3. The Morgan fingerprint density at radius 3 is 2.49 bits per heavy atom. The van der Waals surface area contributed by atoms with Gasteiger partial charge in [0.15, 0.2) is 5.11 Å². The number of halogens is 2. The summed E-state index contributed by atoms with van der Waals surface area (Å²) in [5, 5.41) is 2.31. The molecule has 0 spiro atoms. The molecule has 3 aromatic carbocycles. The summed E-state index contributed by atoms with van der Waals surface area (Å²) >= 11 is 18.3. The molecule has 1 fully saturated rings. The lowest BCUT2D eigenvalue weighted by molar-refractivity contribution is -0.140. The highest BCUT2D eigenvalue weighted by Crippen LogP contribution is 2.32. The minimum Gasteiger partial charge on any atom is -0.468 e. The smallest absolute Gasteiger partial charge is 0.325 e. The molecule has 2 heterocycles. The fourth-order valence-electron chi connectivity index (χ4n) is 4.64. The highest BCUT2D eigenvalue weighted by Gasteiger charge is 2.40. The number of ether oxygens (including phenoxy) is 1. The van der Waals surface area contributed by atoms with Crippen LogP contribution >= 0.6 is 35.4 Å². The van der Waals surface area contributed by atoms with Gasteiger partial charge >= 0.3 is 5.97 Å². The third-order valence-electron chi connectivity index (χ3n) is 6.72. The minimum absolute atomic E-state index is 0.185. The Balaban J connectivity index is 1.59. The number of carbonyl (C=O) groups is 2. The number of anilines is 1. The van der Waals surface area contributed by atoms with Crippen LogP contribution in [0.5, 0.6) is 0 Å². The Labute approximate surface area is 242 Å². The Bertz CT molecular complexity index is 1630. The lowest BCUT2D eigenvalue weighted by Gasteiger charge is -2.19. The van der Waals surface area contributed by atoms with Crippen LogP contribution in [-0.2, 0) is 27.3 Å². The van der Waals surface area contributed by atoms with E-state index < -0.39 is 5.97 Å². The summed E-state index contributed by atoms with van der Waals surface area (Å²) in [6.07, 6.45) is 4.62. The fraction of sp³-hybridized carbons (Fsp3) is 0.167. The van der Waals surface area contributed by atoms with E-state index in [1.54, 1.807) is 12.1 Å². The van der Waals surface area contributed by atoms with Gasteiger partial charge in [0.25, 0.3) is 5.91 Å². The molecule has 1 saturated heterocycles. The Morgan fingerprint density at radius 2 is 1.79 bits per heavy atom. The highest BCUT2D eigenvalue weighted by molar-refractivity contribution is 7.80. The van der Waals surface area contributed by atoms with Crippen LogP contribution in [0.25, 0.3) is 17.0 Å². The lowest BCUT2D eigenvalue weighted by Crippen LogP contribution is -2.35. The van der Waals surface area contributed by atoms with Crippen LogP contribution in [-0.4, -0.2) is 40.1 Å². The summed E-state index contributed by atoms with van der Waals surface area (Å²) in [4.78, 5) is 29.1. The third kappa shape index (κ3) is 5.30. The number of para-hydroxylation sites is 1. The van der Waals surface area contributed by atoms with Crippen molar-refractivity contribution in [3.05, 3.63) is 105 Å². The monoisotopic (exact) mass is 577 g/mol. The van der Waals surface area contributed by atoms with Crippen LogP contribution in [0.1, 0.15) is 23.6 Å². The Hall–Kier alpha value is -3.65. The van der Waals surface area contributed by atoms with E-state index in [9.17, 15) is 9.59 Å². The first-order valence-corrected chi connectivity index (χ1v) is 13.5. The first-order chi connectivity index (χ1) is 18.8. The van der Waals surface area contributed by atoms with Crippen molar-refractivity contribution >= 4 is 75.1 Å². The number of fused-ring (bicyclic) bond motifs is 1. The first-order valence-electron chi connectivity index (χ1n) is 12.4. The quantitative estimate of drug-likeness (QED) is 0.139. The van der Waals surface area contributed by atoms with Crippen LogP contribution in [0.15, 0.2) is 78.6 Å². The predicted molar refractivity (Wildman–Crippen MR) is 160 cm³/mol. The van der Waals surface area contributed by atoms with Crippen molar-refractivity contribution in [3.63, 3.8) is 0 Å². The van der Waals surface area contributed by atoms with Crippen molar-refractivity contribution in [2.75, 3.05) is 18.6 Å². The van der Waals surface area contributed by atoms with E-state index in [1.807, 2.05) is 66.9 Å². The molecule has 1 aliphatic rings. The van der Waals surface area contributed by atoms with E-state index in [4.69, 9.17) is 40.2 Å². The number of amides is 1. The maximum atomic E-state index is 13.8. The highest BCUT2D eigenvalue weighted by atomic mass is 35.5. The number of methoxy groups -OCH3 is 1. The molecule has 0 unspecified atom stereocenters. The van der Waals surface area contributed by atoms with Gasteiger partial charge in [-0.15, -0.1) is 0 Å². The molecule has 0 radical (unpaired) electrons. The normalized spacial score (nSPS) is 14.6. The van der Waals surface area contributed by atoms with Gasteiger partial charge in [-0.2, -0.15) is 0 Å². The molecule has 4 aromatic rings. The lowest BCUT2D eigenvalue weighted by atomic mass is 10.1. The summed E-state index contributed by atoms with van der Waals surface area (Å²) in [6, 6.07) is 21.0. The van der Waals surface area contributed by atoms with Crippen LogP contribution in [0, 0.1) is 0 Å². The SMILES string of the molecule is CCc1ccc(N2C(=O)/C(=C/c3cn(Cc4ccc(Cl)cc4Cl)c4ccccc34)N(CC(=O)OC)C2=S)cc1. The number of benzene rings is 3. The molecule has 39 heavy (non-hydrogen) atoms. The number of hydrogen-bond acceptors (Lipinski definition) is 4. The summed E-state index contributed by atoms with van der Waals surface area (Å²) in [5.74, 6) is -0.815. The number of carbonyl (C=O) groups excluding carboxylic acids is 2. The van der Waals surface area contributed by atoms with Gasteiger partial charge in [-0.3, -0.25) is 14.5 Å². The van der Waals surface area contributed by atoms with Gasteiger partial charge in [-0.05, 0) is 66.2 Å². The standard InChI is InChI=1S/C30H25Cl2N3O3S/c1-3-19-8-12-23(13-9-19)35-29(37)27(34(30(35)39)18-28(36)38-2)14-21-17-33(26-7-5-4-6-24(21)26)16-20-10-11-22(31)15-25(20)32/h4-15,17H,3,16,18H2,1-2H3/b27-14-. The number of nitrogens with zero attached hydrogens (tertiary/aromatic N) is 3. The maximum absolute atomic E-state index is 13.8. The summed E-state index contributed by atoms with van der Waals surface area (Å²) < 4.78 is 6.97. The number of thiocarbonyl (C=S) groups is 1. The van der Waals surface area contributed by atoms with E-state index >= 15 is 0 Å². The van der Waals surface area contributed by atoms with E-state index in [-0.39, 0.29) is 23.3 Å². The topological polar surface area (TPSA) is 54.8 Å². The van der Waals surface area contributed by atoms with E-state index in [0.717, 1.165) is 34.0 Å². The van der Waals surface area contributed by atoms with Crippen LogP contribution < -0.4 is 4.90 Å². The molecule has 0 N–H and O–H groups in total. The van der Waals surface area contributed by atoms with Crippen LogP contribution in [0.3, 0.4) is 0 Å². The molecule has 1 aliphatic heterocycles. The zero-order valence-corrected chi connectivity index (χ0v) is 23.7. The van der Waals surface area contributed by atoms with Gasteiger partial charge in [-0.1, -0.05) is 66.5 Å². The number of aromatic nitrogens is 1. The van der Waals surface area contributed by atoms with Gasteiger partial charge in [0.05, 0.1) is 12.8 Å². The molecule has 1 amide bonds. The minimum atomic E-state index is -0.501. The van der Waals surface area contributed by atoms with Crippen molar-refractivity contribution in [2.45, 2.75) is 19.9 Å². The Kier molecular flexibility index (Phi) is 7.75. The molecule has 0 aliphatic carbocycles. The molecule has 5 rings (SSSR count). The van der Waals surface area contributed by atoms with Gasteiger partial charge < -0.3 is 14.2 Å². The molecule has 9 heteroatoms. The van der Waals surface area contributed by atoms with Crippen LogP contribution in [0.2, 0.25) is 10.0 Å². The maximum Gasteiger partial charge on any atom is 0.325 e. The number of rotatable bonds is 7. The molecular formula is C30H25Cl2N3O3S. The number of aryl methyl sites for hydroxylation is 1. The Morgan fingerprint density at radius 1 is 1.05 bits per heavy atom. The number of esters is 1. The molecule has 0 bridgehead atoms. The van der Waals surface area contributed by atoms with E-state index in [0.29, 0.717) is 22.3 Å². The zero-order chi connectivity index (χ0) is 27.7. The second-order valence-electron chi connectivity index (χ2n) is 9.10. The van der Waals surface area contributed by atoms with Crippen molar-refractivity contribution in [1.29, 1.82) is 0 Å². The van der Waals surface area contributed by atoms with E-state index in [1.165, 1.54) is 16.9 Å².